The number of hydrogen-bond donors (Lipinski definition) is 2. The maximum Gasteiger partial charge on any atom is 0.0866 e. The summed E-state index contributed by atoms with van der Waals surface area (Å²) in [7, 11) is 0. The number of piperazine rings is 1. The van der Waals surface area contributed by atoms with E-state index in [1.807, 2.05) is 0 Å². The molecule has 1 aromatic carbocycles. The third-order valence-electron chi connectivity index (χ3n) is 3.97. The van der Waals surface area contributed by atoms with E-state index in [0.717, 1.165) is 32.6 Å². The van der Waals surface area contributed by atoms with Gasteiger partial charge in [0.25, 0.3) is 0 Å². The Morgan fingerprint density at radius 1 is 1.24 bits per heavy atom. The fourth-order valence-electron chi connectivity index (χ4n) is 3.02. The number of nitrogens with one attached hydrogen (secondary N) is 2. The molecule has 0 spiro atoms. The van der Waals surface area contributed by atoms with Crippen molar-refractivity contribution in [2.24, 2.45) is 0 Å². The molecule has 3 rings (SSSR count). The molecule has 2 atom stereocenters. The molecule has 1 saturated heterocycles. The molecule has 3 heteroatoms. The lowest BCUT2D eigenvalue weighted by Gasteiger charge is -2.42. The minimum absolute atomic E-state index is 0.414. The van der Waals surface area contributed by atoms with Gasteiger partial charge in [0.1, 0.15) is 0 Å². The maximum atomic E-state index is 3.67. The minimum atomic E-state index is 0.414. The van der Waals surface area contributed by atoms with Crippen molar-refractivity contribution in [3.8, 4) is 0 Å². The minimum Gasteiger partial charge on any atom is -0.314 e. The molecule has 0 bridgehead atoms. The first-order valence-corrected chi connectivity index (χ1v) is 6.64. The Kier molecular flexibility index (Phi) is 3.14. The van der Waals surface area contributed by atoms with Gasteiger partial charge in [0.05, 0.1) is 6.17 Å². The van der Waals surface area contributed by atoms with Crippen molar-refractivity contribution in [1.82, 2.24) is 15.5 Å². The van der Waals surface area contributed by atoms with Crippen LogP contribution in [0.1, 0.15) is 24.2 Å². The van der Waals surface area contributed by atoms with Gasteiger partial charge >= 0.3 is 0 Å². The van der Waals surface area contributed by atoms with E-state index in [1.54, 1.807) is 0 Å². The average molecular weight is 231 g/mol. The van der Waals surface area contributed by atoms with E-state index in [9.17, 15) is 0 Å². The molecule has 2 aliphatic rings. The molecule has 2 unspecified atom stereocenters. The number of hydrogen-bond acceptors (Lipinski definition) is 3. The monoisotopic (exact) mass is 231 g/mol. The van der Waals surface area contributed by atoms with Crippen LogP contribution in [0.15, 0.2) is 24.3 Å². The fourth-order valence-corrected chi connectivity index (χ4v) is 3.02. The van der Waals surface area contributed by atoms with Gasteiger partial charge in [0.15, 0.2) is 0 Å². The first-order chi connectivity index (χ1) is 8.36. The van der Waals surface area contributed by atoms with Crippen LogP contribution in [0.25, 0.3) is 0 Å². The molecule has 2 heterocycles. The van der Waals surface area contributed by atoms with E-state index in [-0.39, 0.29) is 0 Å². The van der Waals surface area contributed by atoms with Crippen molar-refractivity contribution in [1.29, 1.82) is 0 Å². The van der Waals surface area contributed by atoms with Crippen LogP contribution in [0.3, 0.4) is 0 Å². The van der Waals surface area contributed by atoms with Gasteiger partial charge in [-0.1, -0.05) is 24.3 Å². The summed E-state index contributed by atoms with van der Waals surface area (Å²) in [5.74, 6) is 0. The highest BCUT2D eigenvalue weighted by molar-refractivity contribution is 5.32. The maximum absolute atomic E-state index is 3.67. The van der Waals surface area contributed by atoms with Crippen LogP contribution >= 0.6 is 0 Å². The SMILES string of the molecule is CC1CNCCN1C1NCCc2ccccc21. The van der Waals surface area contributed by atoms with Crippen molar-refractivity contribution in [3.63, 3.8) is 0 Å². The lowest BCUT2D eigenvalue weighted by atomic mass is 9.96. The number of benzene rings is 1. The molecule has 0 radical (unpaired) electrons. The Morgan fingerprint density at radius 2 is 2.12 bits per heavy atom. The zero-order valence-corrected chi connectivity index (χ0v) is 10.4. The molecule has 0 aromatic heterocycles. The van der Waals surface area contributed by atoms with E-state index in [1.165, 1.54) is 11.1 Å². The second kappa shape index (κ2) is 4.77. The lowest BCUT2D eigenvalue weighted by molar-refractivity contribution is 0.0906. The number of nitrogens with zero attached hydrogens (tertiary/aromatic N) is 1. The molecule has 0 saturated carbocycles. The Morgan fingerprint density at radius 3 is 3.00 bits per heavy atom. The summed E-state index contributed by atoms with van der Waals surface area (Å²) in [6.07, 6.45) is 1.57. The zero-order valence-electron chi connectivity index (χ0n) is 10.4. The van der Waals surface area contributed by atoms with Crippen LogP contribution in [-0.2, 0) is 6.42 Å². The highest BCUT2D eigenvalue weighted by Gasteiger charge is 2.29. The quantitative estimate of drug-likeness (QED) is 0.758. The smallest absolute Gasteiger partial charge is 0.0866 e. The van der Waals surface area contributed by atoms with Crippen LogP contribution in [0.4, 0.5) is 0 Å². The molecule has 2 aliphatic heterocycles. The predicted octanol–water partition coefficient (Wildman–Crippen LogP) is 1.12. The molecule has 2 N–H and O–H groups in total. The second-order valence-corrected chi connectivity index (χ2v) is 5.10. The van der Waals surface area contributed by atoms with E-state index in [0.29, 0.717) is 12.2 Å². The molecule has 92 valence electrons. The normalized spacial score (nSPS) is 29.9. The first-order valence-electron chi connectivity index (χ1n) is 6.64. The molecule has 3 nitrogen and oxygen atoms in total. The van der Waals surface area contributed by atoms with Crippen molar-refractivity contribution in [2.45, 2.75) is 25.6 Å². The lowest BCUT2D eigenvalue weighted by Crippen LogP contribution is -2.55. The second-order valence-electron chi connectivity index (χ2n) is 5.10. The summed E-state index contributed by atoms with van der Waals surface area (Å²) in [6.45, 7) is 6.74. The van der Waals surface area contributed by atoms with E-state index >= 15 is 0 Å². The summed E-state index contributed by atoms with van der Waals surface area (Å²) < 4.78 is 0. The highest BCUT2D eigenvalue weighted by atomic mass is 15.3. The zero-order chi connectivity index (χ0) is 11.7. The third-order valence-corrected chi connectivity index (χ3v) is 3.97. The van der Waals surface area contributed by atoms with Crippen molar-refractivity contribution in [3.05, 3.63) is 35.4 Å². The molecular weight excluding hydrogens is 210 g/mol. The Labute approximate surface area is 103 Å². The van der Waals surface area contributed by atoms with Gasteiger partial charge in [-0.3, -0.25) is 10.2 Å². The van der Waals surface area contributed by atoms with E-state index < -0.39 is 0 Å². The summed E-state index contributed by atoms with van der Waals surface area (Å²) >= 11 is 0. The molecule has 1 aromatic rings. The van der Waals surface area contributed by atoms with Crippen molar-refractivity contribution in [2.75, 3.05) is 26.2 Å². The predicted molar refractivity (Wildman–Crippen MR) is 69.9 cm³/mol. The van der Waals surface area contributed by atoms with Crippen LogP contribution in [-0.4, -0.2) is 37.1 Å². The Balaban J connectivity index is 1.89. The average Bonchev–Trinajstić information content (AvgIpc) is 2.39. The van der Waals surface area contributed by atoms with Crippen LogP contribution in [0, 0.1) is 0 Å². The Bertz CT molecular complexity index is 391. The first kappa shape index (κ1) is 11.2. The molecule has 0 amide bonds. The van der Waals surface area contributed by atoms with Crippen LogP contribution < -0.4 is 10.6 Å². The van der Waals surface area contributed by atoms with Gasteiger partial charge in [0.2, 0.25) is 0 Å². The molecule has 0 aliphatic carbocycles. The fraction of sp³-hybridized carbons (Fsp3) is 0.571. The van der Waals surface area contributed by atoms with Gasteiger partial charge < -0.3 is 5.32 Å². The summed E-state index contributed by atoms with van der Waals surface area (Å²) in [6, 6.07) is 9.47. The highest BCUT2D eigenvalue weighted by Crippen LogP contribution is 2.27. The van der Waals surface area contributed by atoms with E-state index in [2.05, 4.69) is 46.7 Å². The summed E-state index contributed by atoms with van der Waals surface area (Å²) in [5, 5.41) is 7.13. The van der Waals surface area contributed by atoms with E-state index in [4.69, 9.17) is 0 Å². The summed E-state index contributed by atoms with van der Waals surface area (Å²) in [5.41, 5.74) is 2.99. The topological polar surface area (TPSA) is 27.3 Å². The van der Waals surface area contributed by atoms with Gasteiger partial charge in [-0.25, -0.2) is 0 Å². The number of fused-ring (bicyclic) bond motifs is 1. The van der Waals surface area contributed by atoms with Crippen molar-refractivity contribution >= 4 is 0 Å². The summed E-state index contributed by atoms with van der Waals surface area (Å²) in [4.78, 5) is 2.59. The third kappa shape index (κ3) is 2.10. The largest absolute Gasteiger partial charge is 0.314 e. The van der Waals surface area contributed by atoms with Gasteiger partial charge in [-0.2, -0.15) is 0 Å². The van der Waals surface area contributed by atoms with Crippen LogP contribution in [0.2, 0.25) is 0 Å². The number of rotatable bonds is 1. The van der Waals surface area contributed by atoms with Gasteiger partial charge in [-0.15, -0.1) is 0 Å². The molecular formula is C14H21N3. The molecule has 1 fully saturated rings. The Hall–Kier alpha value is -0.900. The van der Waals surface area contributed by atoms with Crippen molar-refractivity contribution < 1.29 is 0 Å². The molecule has 17 heavy (non-hydrogen) atoms. The van der Waals surface area contributed by atoms with Gasteiger partial charge in [-0.05, 0) is 24.5 Å². The van der Waals surface area contributed by atoms with Gasteiger partial charge in [0, 0.05) is 32.2 Å². The van der Waals surface area contributed by atoms with Crippen LogP contribution in [0.5, 0.6) is 0 Å². The standard InChI is InChI=1S/C14H21N3/c1-11-10-15-8-9-17(11)14-13-5-3-2-4-12(13)6-7-16-14/h2-5,11,14-16H,6-10H2,1H3.